The Labute approximate surface area is 145 Å². The first-order chi connectivity index (χ1) is 11.6. The molecule has 3 rings (SSSR count). The van der Waals surface area contributed by atoms with E-state index in [0.717, 1.165) is 36.4 Å². The van der Waals surface area contributed by atoms with Crippen LogP contribution >= 0.6 is 0 Å². The van der Waals surface area contributed by atoms with Crippen molar-refractivity contribution in [3.05, 3.63) is 53.5 Å². The molecule has 4 nitrogen and oxygen atoms in total. The van der Waals surface area contributed by atoms with Crippen LogP contribution < -0.4 is 0 Å². The van der Waals surface area contributed by atoms with Crippen molar-refractivity contribution in [2.45, 2.75) is 43.3 Å². The predicted octanol–water partition coefficient (Wildman–Crippen LogP) is 3.91. The zero-order valence-electron chi connectivity index (χ0n) is 14.0. The van der Waals surface area contributed by atoms with Crippen LogP contribution in [-0.4, -0.2) is 28.1 Å². The lowest BCUT2D eigenvalue weighted by molar-refractivity contribution is 0.0728. The summed E-state index contributed by atoms with van der Waals surface area (Å²) in [6.45, 7) is 3.54. The highest BCUT2D eigenvalue weighted by atomic mass is 32.2. The van der Waals surface area contributed by atoms with Gasteiger partial charge in [0.1, 0.15) is 5.76 Å². The summed E-state index contributed by atoms with van der Waals surface area (Å²) in [7, 11) is -1.17. The standard InChI is InChI=1S/C19H23NO3S/c1-15-8-4-5-9-18(15)24(22)14-16-10-11-17(23-16)19(21)20-12-6-2-3-7-13-20/h4-5,8-11H,2-3,6-7,12-14H2,1H3/t24-/m0/s1. The molecule has 1 fully saturated rings. The smallest absolute Gasteiger partial charge is 0.289 e. The van der Waals surface area contributed by atoms with Crippen molar-refractivity contribution in [1.29, 1.82) is 0 Å². The van der Waals surface area contributed by atoms with Gasteiger partial charge < -0.3 is 9.32 Å². The molecule has 0 N–H and O–H groups in total. The van der Waals surface area contributed by atoms with Crippen molar-refractivity contribution >= 4 is 16.7 Å². The molecular formula is C19H23NO3S. The van der Waals surface area contributed by atoms with Gasteiger partial charge in [0.05, 0.1) is 16.6 Å². The summed E-state index contributed by atoms with van der Waals surface area (Å²) in [5.74, 6) is 1.19. The monoisotopic (exact) mass is 345 g/mol. The Morgan fingerprint density at radius 2 is 1.79 bits per heavy atom. The van der Waals surface area contributed by atoms with E-state index in [2.05, 4.69) is 0 Å². The number of rotatable bonds is 4. The molecule has 1 aromatic heterocycles. The van der Waals surface area contributed by atoms with E-state index in [-0.39, 0.29) is 11.7 Å². The lowest BCUT2D eigenvalue weighted by Crippen LogP contribution is -2.31. The van der Waals surface area contributed by atoms with E-state index in [0.29, 0.717) is 11.5 Å². The van der Waals surface area contributed by atoms with Gasteiger partial charge in [-0.1, -0.05) is 31.0 Å². The molecule has 1 atom stereocenters. The highest BCUT2D eigenvalue weighted by Gasteiger charge is 2.21. The first kappa shape index (κ1) is 17.0. The molecule has 1 amide bonds. The van der Waals surface area contributed by atoms with Crippen LogP contribution in [0.15, 0.2) is 45.7 Å². The predicted molar refractivity (Wildman–Crippen MR) is 94.4 cm³/mol. The summed E-state index contributed by atoms with van der Waals surface area (Å²) in [6.07, 6.45) is 4.47. The van der Waals surface area contributed by atoms with Crippen LogP contribution in [0.4, 0.5) is 0 Å². The molecule has 0 spiro atoms. The average molecular weight is 345 g/mol. The minimum absolute atomic E-state index is 0.0511. The van der Waals surface area contributed by atoms with Gasteiger partial charge in [-0.05, 0) is 43.5 Å². The van der Waals surface area contributed by atoms with E-state index >= 15 is 0 Å². The van der Waals surface area contributed by atoms with Crippen LogP contribution in [0.2, 0.25) is 0 Å². The molecular weight excluding hydrogens is 322 g/mol. The SMILES string of the molecule is Cc1ccccc1[S@@](=O)Cc1ccc(C(=O)N2CCCCCC2)o1. The average Bonchev–Trinajstić information content (AvgIpc) is 2.87. The number of hydrogen-bond donors (Lipinski definition) is 0. The maximum absolute atomic E-state index is 12.5. The normalized spacial score (nSPS) is 16.6. The molecule has 0 saturated carbocycles. The Morgan fingerprint density at radius 3 is 2.50 bits per heavy atom. The van der Waals surface area contributed by atoms with Gasteiger partial charge in [-0.2, -0.15) is 0 Å². The molecule has 5 heteroatoms. The minimum Gasteiger partial charge on any atom is -0.455 e. The topological polar surface area (TPSA) is 50.5 Å². The van der Waals surface area contributed by atoms with Crippen LogP contribution in [0.25, 0.3) is 0 Å². The van der Waals surface area contributed by atoms with Crippen molar-refractivity contribution in [2.24, 2.45) is 0 Å². The Kier molecular flexibility index (Phi) is 5.51. The van der Waals surface area contributed by atoms with Gasteiger partial charge in [0.2, 0.25) is 0 Å². The van der Waals surface area contributed by atoms with Crippen LogP contribution in [0.1, 0.15) is 47.6 Å². The third-order valence-electron chi connectivity index (χ3n) is 4.38. The molecule has 1 aliphatic heterocycles. The molecule has 2 heterocycles. The summed E-state index contributed by atoms with van der Waals surface area (Å²) in [5, 5.41) is 0. The van der Waals surface area contributed by atoms with Gasteiger partial charge in [0, 0.05) is 18.0 Å². The quantitative estimate of drug-likeness (QED) is 0.844. The second-order valence-corrected chi connectivity index (χ2v) is 7.65. The maximum atomic E-state index is 12.5. The Hall–Kier alpha value is -1.88. The second-order valence-electron chi connectivity index (χ2n) is 6.23. The first-order valence-corrected chi connectivity index (χ1v) is 9.79. The minimum atomic E-state index is -1.17. The van der Waals surface area contributed by atoms with Crippen LogP contribution in [0, 0.1) is 6.92 Å². The van der Waals surface area contributed by atoms with Gasteiger partial charge >= 0.3 is 0 Å². The van der Waals surface area contributed by atoms with Crippen molar-refractivity contribution in [2.75, 3.05) is 13.1 Å². The zero-order valence-corrected chi connectivity index (χ0v) is 14.8. The summed E-state index contributed by atoms with van der Waals surface area (Å²) in [5.41, 5.74) is 1.00. The first-order valence-electron chi connectivity index (χ1n) is 8.47. The summed E-state index contributed by atoms with van der Waals surface area (Å²) < 4.78 is 18.2. The maximum Gasteiger partial charge on any atom is 0.289 e. The Balaban J connectivity index is 1.68. The fraction of sp³-hybridized carbons (Fsp3) is 0.421. The molecule has 128 valence electrons. The Bertz CT molecular complexity index is 730. The van der Waals surface area contributed by atoms with E-state index in [1.54, 1.807) is 12.1 Å². The molecule has 1 aliphatic rings. The number of benzene rings is 1. The van der Waals surface area contributed by atoms with Crippen molar-refractivity contribution in [3.63, 3.8) is 0 Å². The summed E-state index contributed by atoms with van der Waals surface area (Å²) >= 11 is 0. The third-order valence-corrected chi connectivity index (χ3v) is 5.87. The molecule has 1 aromatic carbocycles. The molecule has 2 aromatic rings. The summed E-state index contributed by atoms with van der Waals surface area (Å²) in [4.78, 5) is 15.2. The van der Waals surface area contributed by atoms with Crippen molar-refractivity contribution < 1.29 is 13.4 Å². The number of carbonyl (C=O) groups excluding carboxylic acids is 1. The second kappa shape index (κ2) is 7.79. The van der Waals surface area contributed by atoms with E-state index in [1.165, 1.54) is 12.8 Å². The number of likely N-dealkylation sites (tertiary alicyclic amines) is 1. The molecule has 1 saturated heterocycles. The zero-order chi connectivity index (χ0) is 16.9. The number of hydrogen-bond acceptors (Lipinski definition) is 3. The van der Waals surface area contributed by atoms with Gasteiger partial charge in [-0.3, -0.25) is 9.00 Å². The van der Waals surface area contributed by atoms with Crippen LogP contribution in [0.3, 0.4) is 0 Å². The lowest BCUT2D eigenvalue weighted by Gasteiger charge is -2.18. The number of amides is 1. The van der Waals surface area contributed by atoms with E-state index in [1.807, 2.05) is 36.1 Å². The lowest BCUT2D eigenvalue weighted by atomic mass is 10.2. The van der Waals surface area contributed by atoms with Gasteiger partial charge in [-0.15, -0.1) is 0 Å². The van der Waals surface area contributed by atoms with E-state index in [4.69, 9.17) is 4.42 Å². The Morgan fingerprint density at radius 1 is 1.08 bits per heavy atom. The van der Waals surface area contributed by atoms with Crippen molar-refractivity contribution in [3.8, 4) is 0 Å². The number of aryl methyl sites for hydroxylation is 1. The van der Waals surface area contributed by atoms with E-state index in [9.17, 15) is 9.00 Å². The van der Waals surface area contributed by atoms with Gasteiger partial charge in [0.25, 0.3) is 5.91 Å². The van der Waals surface area contributed by atoms with Crippen LogP contribution in [0.5, 0.6) is 0 Å². The number of carbonyl (C=O) groups is 1. The molecule has 0 aliphatic carbocycles. The van der Waals surface area contributed by atoms with E-state index < -0.39 is 10.8 Å². The highest BCUT2D eigenvalue weighted by molar-refractivity contribution is 7.84. The molecule has 0 unspecified atom stereocenters. The third kappa shape index (κ3) is 3.96. The van der Waals surface area contributed by atoms with Gasteiger partial charge in [-0.25, -0.2) is 0 Å². The molecule has 24 heavy (non-hydrogen) atoms. The molecule has 0 radical (unpaired) electrons. The molecule has 0 bridgehead atoms. The fourth-order valence-corrected chi connectivity index (χ4v) is 4.25. The fourth-order valence-electron chi connectivity index (χ4n) is 3.02. The van der Waals surface area contributed by atoms with Crippen molar-refractivity contribution in [1.82, 2.24) is 4.90 Å². The highest BCUT2D eigenvalue weighted by Crippen LogP contribution is 2.19. The van der Waals surface area contributed by atoms with Crippen LogP contribution in [-0.2, 0) is 16.6 Å². The largest absolute Gasteiger partial charge is 0.455 e. The van der Waals surface area contributed by atoms with Gasteiger partial charge in [0.15, 0.2) is 5.76 Å². The number of furan rings is 1. The number of nitrogens with zero attached hydrogens (tertiary/aromatic N) is 1. The summed E-state index contributed by atoms with van der Waals surface area (Å²) in [6, 6.07) is 11.1.